The van der Waals surface area contributed by atoms with E-state index in [9.17, 15) is 4.79 Å². The Balaban J connectivity index is 3.99. The van der Waals surface area contributed by atoms with Gasteiger partial charge < -0.3 is 20.1 Å². The molecule has 0 rings (SSSR count). The minimum Gasteiger partial charge on any atom is -0.390 e. The molecular weight excluding hydrogens is 184 g/mol. The molecule has 0 saturated carbocycles. The van der Waals surface area contributed by atoms with Gasteiger partial charge in [-0.3, -0.25) is 0 Å². The Hall–Kier alpha value is -0.420. The third-order valence-corrected chi connectivity index (χ3v) is 1.47. The van der Waals surface area contributed by atoms with Gasteiger partial charge in [-0.05, 0) is 0 Å². The van der Waals surface area contributed by atoms with Crippen molar-refractivity contribution in [3.05, 3.63) is 11.6 Å². The highest BCUT2D eigenvalue weighted by Gasteiger charge is 2.24. The van der Waals surface area contributed by atoms with Crippen molar-refractivity contribution in [2.45, 2.75) is 24.7 Å². The summed E-state index contributed by atoms with van der Waals surface area (Å²) >= 11 is 5.33. The van der Waals surface area contributed by atoms with Gasteiger partial charge in [-0.15, -0.1) is 0 Å². The first-order chi connectivity index (χ1) is 5.49. The predicted molar refractivity (Wildman–Crippen MR) is 43.7 cm³/mol. The summed E-state index contributed by atoms with van der Waals surface area (Å²) in [5, 5.41) is 27.0. The molecule has 0 aromatic carbocycles. The number of hydrogen-bond acceptors (Lipinski definition) is 4. The second kappa shape index (κ2) is 5.27. The lowest BCUT2D eigenvalue weighted by molar-refractivity contribution is -0.125. The average molecular weight is 195 g/mol. The molecule has 0 radical (unpaired) electrons. The molecule has 0 aliphatic heterocycles. The lowest BCUT2D eigenvalue weighted by Crippen LogP contribution is -2.38. The van der Waals surface area contributed by atoms with Crippen LogP contribution < -0.4 is 0 Å². The predicted octanol–water partition coefficient (Wildman–Crippen LogP) is -0.589. The van der Waals surface area contributed by atoms with Gasteiger partial charge in [-0.25, -0.2) is 0 Å². The average Bonchev–Trinajstić information content (AvgIpc) is 2.00. The number of halogens is 1. The molecule has 12 heavy (non-hydrogen) atoms. The summed E-state index contributed by atoms with van der Waals surface area (Å²) < 4.78 is 0. The zero-order valence-corrected chi connectivity index (χ0v) is 7.11. The first-order valence-electron chi connectivity index (χ1n) is 3.31. The lowest BCUT2D eigenvalue weighted by atomic mass is 10.1. The topological polar surface area (TPSA) is 77.8 Å². The molecule has 0 aliphatic rings. The zero-order valence-electron chi connectivity index (χ0n) is 6.35. The fourth-order valence-corrected chi connectivity index (χ4v) is 0.814. The van der Waals surface area contributed by atoms with Gasteiger partial charge in [0.15, 0.2) is 6.29 Å². The van der Waals surface area contributed by atoms with E-state index in [-0.39, 0.29) is 17.7 Å². The van der Waals surface area contributed by atoms with E-state index in [1.54, 1.807) is 0 Å². The molecule has 0 saturated heterocycles. The van der Waals surface area contributed by atoms with Crippen molar-refractivity contribution in [2.75, 3.05) is 0 Å². The maximum atomic E-state index is 9.96. The van der Waals surface area contributed by atoms with Crippen LogP contribution in [0.2, 0.25) is 0 Å². The van der Waals surface area contributed by atoms with Gasteiger partial charge in [-0.1, -0.05) is 18.2 Å². The Morgan fingerprint density at radius 1 is 1.50 bits per heavy atom. The van der Waals surface area contributed by atoms with Crippen molar-refractivity contribution in [3.63, 3.8) is 0 Å². The Labute approximate surface area is 75.1 Å². The van der Waals surface area contributed by atoms with Crippen molar-refractivity contribution in [1.29, 1.82) is 0 Å². The second-order valence-corrected chi connectivity index (χ2v) is 2.94. The van der Waals surface area contributed by atoms with Crippen molar-refractivity contribution < 1.29 is 20.1 Å². The fraction of sp³-hybridized carbons (Fsp3) is 0.571. The van der Waals surface area contributed by atoms with Crippen LogP contribution in [0, 0.1) is 0 Å². The quantitative estimate of drug-likeness (QED) is 0.512. The molecule has 3 unspecified atom stereocenters. The van der Waals surface area contributed by atoms with Gasteiger partial charge in [0.05, 0.1) is 6.10 Å². The Morgan fingerprint density at radius 3 is 2.33 bits per heavy atom. The number of carbonyl (C=O) groups excluding carboxylic acids is 1. The minimum atomic E-state index is -1.59. The van der Waals surface area contributed by atoms with Crippen molar-refractivity contribution in [3.8, 4) is 0 Å². The van der Waals surface area contributed by atoms with Crippen LogP contribution in [-0.2, 0) is 4.79 Å². The van der Waals surface area contributed by atoms with Crippen molar-refractivity contribution >= 4 is 17.9 Å². The number of aliphatic hydroxyl groups is 3. The molecule has 0 bridgehead atoms. The van der Waals surface area contributed by atoms with Crippen LogP contribution in [0.5, 0.6) is 0 Å². The van der Waals surface area contributed by atoms with Gasteiger partial charge in [-0.2, -0.15) is 0 Å². The van der Waals surface area contributed by atoms with Crippen LogP contribution in [0.4, 0.5) is 0 Å². The highest BCUT2D eigenvalue weighted by Crippen LogP contribution is 2.11. The van der Waals surface area contributed by atoms with Gasteiger partial charge in [0.1, 0.15) is 12.2 Å². The molecule has 0 heterocycles. The summed E-state index contributed by atoms with van der Waals surface area (Å²) in [6.45, 7) is 3.29. The molecule has 0 fully saturated rings. The molecule has 4 nitrogen and oxygen atoms in total. The molecule has 5 heteroatoms. The van der Waals surface area contributed by atoms with Crippen molar-refractivity contribution in [2.24, 2.45) is 0 Å². The molecular formula is C7H11ClO4. The van der Waals surface area contributed by atoms with Crippen LogP contribution in [-0.4, -0.2) is 39.9 Å². The van der Waals surface area contributed by atoms with Crippen LogP contribution in [0.15, 0.2) is 11.6 Å². The van der Waals surface area contributed by atoms with E-state index >= 15 is 0 Å². The van der Waals surface area contributed by atoms with Crippen LogP contribution in [0.3, 0.4) is 0 Å². The summed E-state index contributed by atoms with van der Waals surface area (Å²) in [6.07, 6.45) is -4.29. The molecule has 0 aromatic rings. The highest BCUT2D eigenvalue weighted by atomic mass is 35.5. The SMILES string of the molecule is C=C(Cl)CC(O)C(O)C(O)C=O. The smallest absolute Gasteiger partial charge is 0.151 e. The van der Waals surface area contributed by atoms with Crippen LogP contribution in [0.25, 0.3) is 0 Å². The summed E-state index contributed by atoms with van der Waals surface area (Å²) in [7, 11) is 0. The molecule has 3 atom stereocenters. The minimum absolute atomic E-state index is 0.0619. The van der Waals surface area contributed by atoms with E-state index < -0.39 is 18.3 Å². The van der Waals surface area contributed by atoms with Crippen molar-refractivity contribution in [1.82, 2.24) is 0 Å². The Morgan fingerprint density at radius 2 is 2.00 bits per heavy atom. The number of carbonyl (C=O) groups is 1. The van der Waals surface area contributed by atoms with Crippen LogP contribution >= 0.6 is 11.6 Å². The number of hydrogen-bond donors (Lipinski definition) is 3. The van der Waals surface area contributed by atoms with E-state index in [1.165, 1.54) is 0 Å². The summed E-state index contributed by atoms with van der Waals surface area (Å²) in [5.41, 5.74) is 0. The van der Waals surface area contributed by atoms with Gasteiger partial charge >= 0.3 is 0 Å². The van der Waals surface area contributed by atoms with E-state index in [4.69, 9.17) is 26.9 Å². The summed E-state index contributed by atoms with van der Waals surface area (Å²) in [4.78, 5) is 9.96. The molecule has 0 amide bonds. The summed E-state index contributed by atoms with van der Waals surface area (Å²) in [5.74, 6) is 0. The third kappa shape index (κ3) is 3.82. The van der Waals surface area contributed by atoms with Crippen LogP contribution in [0.1, 0.15) is 6.42 Å². The molecule has 0 aliphatic carbocycles. The number of aliphatic hydroxyl groups excluding tert-OH is 3. The maximum absolute atomic E-state index is 9.96. The molecule has 0 spiro atoms. The van der Waals surface area contributed by atoms with Gasteiger partial charge in [0, 0.05) is 11.5 Å². The highest BCUT2D eigenvalue weighted by molar-refractivity contribution is 6.29. The van der Waals surface area contributed by atoms with E-state index in [0.29, 0.717) is 0 Å². The van der Waals surface area contributed by atoms with E-state index in [0.717, 1.165) is 0 Å². The standard InChI is InChI=1S/C7H11ClO4/c1-4(8)2-5(10)7(12)6(11)3-9/h3,5-7,10-12H,1-2H2. The monoisotopic (exact) mass is 194 g/mol. The fourth-order valence-electron chi connectivity index (χ4n) is 0.656. The second-order valence-electron chi connectivity index (χ2n) is 2.41. The summed E-state index contributed by atoms with van der Waals surface area (Å²) in [6, 6.07) is 0. The van der Waals surface area contributed by atoms with E-state index in [2.05, 4.69) is 6.58 Å². The van der Waals surface area contributed by atoms with Gasteiger partial charge in [0.2, 0.25) is 0 Å². The zero-order chi connectivity index (χ0) is 9.72. The molecule has 0 aromatic heterocycles. The lowest BCUT2D eigenvalue weighted by Gasteiger charge is -2.18. The normalized spacial score (nSPS) is 18.0. The first kappa shape index (κ1) is 11.6. The Kier molecular flexibility index (Phi) is 5.08. The molecule has 3 N–H and O–H groups in total. The third-order valence-electron chi connectivity index (χ3n) is 1.31. The first-order valence-corrected chi connectivity index (χ1v) is 3.69. The van der Waals surface area contributed by atoms with Gasteiger partial charge in [0.25, 0.3) is 0 Å². The molecule has 70 valence electrons. The Bertz CT molecular complexity index is 171. The number of aldehydes is 1. The number of rotatable bonds is 5. The maximum Gasteiger partial charge on any atom is 0.151 e. The van der Waals surface area contributed by atoms with E-state index in [1.807, 2.05) is 0 Å². The largest absolute Gasteiger partial charge is 0.390 e.